The smallest absolute Gasteiger partial charge is 0.333 e. The van der Waals surface area contributed by atoms with Gasteiger partial charge in [-0.1, -0.05) is 0 Å². The van der Waals surface area contributed by atoms with E-state index in [9.17, 15) is 13.2 Å². The van der Waals surface area contributed by atoms with Gasteiger partial charge in [0, 0.05) is 12.7 Å². The minimum absolute atomic E-state index is 0.421. The van der Waals surface area contributed by atoms with Crippen LogP contribution < -0.4 is 5.73 Å². The highest BCUT2D eigenvalue weighted by Crippen LogP contribution is 2.27. The molecule has 0 aliphatic heterocycles. The molecule has 1 rings (SSSR count). The zero-order valence-electron chi connectivity index (χ0n) is 7.75. The summed E-state index contributed by atoms with van der Waals surface area (Å²) in [6, 6.07) is -1.03. The van der Waals surface area contributed by atoms with Gasteiger partial charge in [-0.3, -0.25) is 0 Å². The van der Waals surface area contributed by atoms with Crippen molar-refractivity contribution in [2.45, 2.75) is 32.1 Å². The van der Waals surface area contributed by atoms with Crippen LogP contribution in [0.2, 0.25) is 0 Å². The summed E-state index contributed by atoms with van der Waals surface area (Å²) in [5, 5.41) is 0. The zero-order chi connectivity index (χ0) is 10.8. The summed E-state index contributed by atoms with van der Waals surface area (Å²) < 4.78 is 37.7. The van der Waals surface area contributed by atoms with Crippen molar-refractivity contribution < 1.29 is 13.2 Å². The summed E-state index contributed by atoms with van der Waals surface area (Å²) in [5.41, 5.74) is 5.84. The number of rotatable bonds is 3. The van der Waals surface area contributed by atoms with Gasteiger partial charge in [-0.05, 0) is 6.92 Å². The Hall–Kier alpha value is -1.04. The van der Waals surface area contributed by atoms with E-state index in [1.807, 2.05) is 6.92 Å². The predicted molar refractivity (Wildman–Crippen MR) is 45.5 cm³/mol. The van der Waals surface area contributed by atoms with Crippen molar-refractivity contribution in [2.24, 2.45) is 5.73 Å². The molecule has 6 heteroatoms. The maximum atomic E-state index is 12.0. The van der Waals surface area contributed by atoms with E-state index in [1.54, 1.807) is 4.57 Å². The second-order valence-corrected chi connectivity index (χ2v) is 3.03. The third kappa shape index (κ3) is 2.73. The van der Waals surface area contributed by atoms with Gasteiger partial charge in [0.05, 0.1) is 24.5 Å². The fraction of sp³-hybridized carbons (Fsp3) is 0.625. The van der Waals surface area contributed by atoms with E-state index in [2.05, 4.69) is 4.98 Å². The minimum Gasteiger partial charge on any atom is -0.333 e. The molecule has 0 saturated heterocycles. The lowest BCUT2D eigenvalue weighted by molar-refractivity contribution is -0.138. The van der Waals surface area contributed by atoms with Gasteiger partial charge >= 0.3 is 6.18 Å². The lowest BCUT2D eigenvalue weighted by Gasteiger charge is -2.15. The second-order valence-electron chi connectivity index (χ2n) is 3.03. The summed E-state index contributed by atoms with van der Waals surface area (Å²) in [5.74, 6) is 0. The Labute approximate surface area is 79.7 Å². The van der Waals surface area contributed by atoms with Gasteiger partial charge < -0.3 is 10.3 Å². The molecule has 0 fully saturated rings. The average molecular weight is 207 g/mol. The summed E-state index contributed by atoms with van der Waals surface area (Å²) in [6.45, 7) is 2.40. The van der Waals surface area contributed by atoms with Gasteiger partial charge in [-0.15, -0.1) is 0 Å². The normalized spacial score (nSPS) is 14.4. The van der Waals surface area contributed by atoms with E-state index in [0.717, 1.165) is 0 Å². The summed E-state index contributed by atoms with van der Waals surface area (Å²) in [6.07, 6.45) is -2.40. The molecule has 1 aromatic heterocycles. The Balaban J connectivity index is 2.74. The molecule has 14 heavy (non-hydrogen) atoms. The Bertz CT molecular complexity index is 292. The maximum Gasteiger partial charge on any atom is 0.390 e. The molecule has 0 spiro atoms. The molecule has 1 aromatic rings. The van der Waals surface area contributed by atoms with Crippen LogP contribution in [0, 0.1) is 0 Å². The fourth-order valence-electron chi connectivity index (χ4n) is 1.26. The third-order valence-electron chi connectivity index (χ3n) is 1.92. The van der Waals surface area contributed by atoms with E-state index >= 15 is 0 Å². The average Bonchev–Trinajstić information content (AvgIpc) is 2.47. The number of hydrogen-bond acceptors (Lipinski definition) is 2. The molecule has 0 aliphatic carbocycles. The first kappa shape index (κ1) is 11.0. The fourth-order valence-corrected chi connectivity index (χ4v) is 1.26. The van der Waals surface area contributed by atoms with Crippen LogP contribution in [0.4, 0.5) is 13.2 Å². The van der Waals surface area contributed by atoms with Gasteiger partial charge in [-0.25, -0.2) is 4.98 Å². The monoisotopic (exact) mass is 207 g/mol. The molecule has 1 heterocycles. The number of aryl methyl sites for hydroxylation is 1. The molecule has 0 amide bonds. The van der Waals surface area contributed by atoms with E-state index < -0.39 is 18.6 Å². The number of alkyl halides is 3. The van der Waals surface area contributed by atoms with Crippen molar-refractivity contribution >= 4 is 0 Å². The number of halogens is 3. The Morgan fingerprint density at radius 1 is 1.57 bits per heavy atom. The van der Waals surface area contributed by atoms with Crippen LogP contribution in [0.3, 0.4) is 0 Å². The highest BCUT2D eigenvalue weighted by atomic mass is 19.4. The van der Waals surface area contributed by atoms with E-state index in [0.29, 0.717) is 12.2 Å². The van der Waals surface area contributed by atoms with E-state index in [4.69, 9.17) is 5.73 Å². The second kappa shape index (κ2) is 4.00. The van der Waals surface area contributed by atoms with E-state index in [-0.39, 0.29) is 0 Å². The first-order chi connectivity index (χ1) is 6.44. The molecule has 2 N–H and O–H groups in total. The van der Waals surface area contributed by atoms with Crippen molar-refractivity contribution in [3.05, 3.63) is 18.2 Å². The highest BCUT2D eigenvalue weighted by Gasteiger charge is 2.31. The number of hydrogen-bond donors (Lipinski definition) is 1. The number of aromatic nitrogens is 2. The number of nitrogens with two attached hydrogens (primary N) is 1. The summed E-state index contributed by atoms with van der Waals surface area (Å²) in [4.78, 5) is 3.76. The van der Waals surface area contributed by atoms with Crippen LogP contribution in [-0.4, -0.2) is 15.7 Å². The molecule has 80 valence electrons. The topological polar surface area (TPSA) is 43.8 Å². The highest BCUT2D eigenvalue weighted by molar-refractivity contribution is 5.04. The molecule has 0 saturated carbocycles. The largest absolute Gasteiger partial charge is 0.390 e. The summed E-state index contributed by atoms with van der Waals surface area (Å²) >= 11 is 0. The third-order valence-corrected chi connectivity index (χ3v) is 1.92. The van der Waals surface area contributed by atoms with Crippen LogP contribution >= 0.6 is 0 Å². The lowest BCUT2D eigenvalue weighted by atomic mass is 10.1. The molecular formula is C8H12F3N3. The molecule has 3 nitrogen and oxygen atoms in total. The maximum absolute atomic E-state index is 12.0. The summed E-state index contributed by atoms with van der Waals surface area (Å²) in [7, 11) is 0. The molecular weight excluding hydrogens is 195 g/mol. The minimum atomic E-state index is -4.23. The van der Waals surface area contributed by atoms with Crippen molar-refractivity contribution in [1.82, 2.24) is 9.55 Å². The quantitative estimate of drug-likeness (QED) is 0.822. The van der Waals surface area contributed by atoms with Crippen molar-refractivity contribution in [1.29, 1.82) is 0 Å². The number of imidazole rings is 1. The molecule has 0 unspecified atom stereocenters. The van der Waals surface area contributed by atoms with Crippen molar-refractivity contribution in [3.63, 3.8) is 0 Å². The van der Waals surface area contributed by atoms with Crippen molar-refractivity contribution in [2.75, 3.05) is 0 Å². The van der Waals surface area contributed by atoms with Gasteiger partial charge in [0.25, 0.3) is 0 Å². The number of nitrogens with zero attached hydrogens (tertiary/aromatic N) is 2. The molecule has 1 atom stereocenters. The van der Waals surface area contributed by atoms with Crippen LogP contribution in [0.1, 0.15) is 25.1 Å². The first-order valence-electron chi connectivity index (χ1n) is 4.26. The van der Waals surface area contributed by atoms with Crippen LogP contribution in [0.25, 0.3) is 0 Å². The zero-order valence-corrected chi connectivity index (χ0v) is 7.75. The van der Waals surface area contributed by atoms with Crippen molar-refractivity contribution in [3.8, 4) is 0 Å². The van der Waals surface area contributed by atoms with Crippen LogP contribution in [0.5, 0.6) is 0 Å². The Kier molecular flexibility index (Phi) is 3.15. The van der Waals surface area contributed by atoms with Crippen LogP contribution in [-0.2, 0) is 6.54 Å². The first-order valence-corrected chi connectivity index (χ1v) is 4.26. The molecule has 0 aromatic carbocycles. The van der Waals surface area contributed by atoms with Gasteiger partial charge in [0.1, 0.15) is 0 Å². The van der Waals surface area contributed by atoms with Gasteiger partial charge in [-0.2, -0.15) is 13.2 Å². The predicted octanol–water partition coefficient (Wildman–Crippen LogP) is 1.86. The Morgan fingerprint density at radius 2 is 2.21 bits per heavy atom. The van der Waals surface area contributed by atoms with Crippen LogP contribution in [0.15, 0.2) is 12.5 Å². The standard InChI is InChI=1S/C8H12F3N3/c1-2-14-5-13-4-7(14)6(12)3-8(9,10)11/h4-6H,2-3,12H2,1H3/t6-/m0/s1. The van der Waals surface area contributed by atoms with E-state index in [1.165, 1.54) is 12.5 Å². The molecule has 0 bridgehead atoms. The van der Waals surface area contributed by atoms with Gasteiger partial charge in [0.2, 0.25) is 0 Å². The molecule has 0 aliphatic rings. The SMILES string of the molecule is CCn1cncc1[C@@H](N)CC(F)(F)F. The Morgan fingerprint density at radius 3 is 2.71 bits per heavy atom. The molecule has 0 radical (unpaired) electrons. The lowest BCUT2D eigenvalue weighted by Crippen LogP contribution is -2.22. The van der Waals surface area contributed by atoms with Gasteiger partial charge in [0.15, 0.2) is 0 Å².